The summed E-state index contributed by atoms with van der Waals surface area (Å²) in [4.78, 5) is 16.0. The summed E-state index contributed by atoms with van der Waals surface area (Å²) in [7, 11) is 0. The van der Waals surface area contributed by atoms with Crippen molar-refractivity contribution in [2.24, 2.45) is 0 Å². The molecule has 2 rings (SSSR count). The van der Waals surface area contributed by atoms with E-state index in [4.69, 9.17) is 0 Å². The Hall–Kier alpha value is -1.42. The van der Waals surface area contributed by atoms with Gasteiger partial charge in [0.05, 0.1) is 22.9 Å². The zero-order chi connectivity index (χ0) is 12.4. The molecule has 0 aromatic carbocycles. The van der Waals surface area contributed by atoms with E-state index >= 15 is 0 Å². The van der Waals surface area contributed by atoms with Crippen LogP contribution in [0, 0.1) is 0 Å². The number of thiazole rings is 1. The lowest BCUT2D eigenvalue weighted by molar-refractivity contribution is 0.100. The van der Waals surface area contributed by atoms with Crippen molar-refractivity contribution in [1.29, 1.82) is 0 Å². The summed E-state index contributed by atoms with van der Waals surface area (Å²) in [5.41, 5.74) is 1.77. The Morgan fingerprint density at radius 1 is 1.53 bits per heavy atom. The van der Waals surface area contributed by atoms with Crippen LogP contribution in [0.5, 0.6) is 0 Å². The lowest BCUT2D eigenvalue weighted by Gasteiger charge is -2.04. The Balaban J connectivity index is 2.19. The molecule has 0 spiro atoms. The van der Waals surface area contributed by atoms with Gasteiger partial charge in [-0.05, 0) is 12.1 Å². The Morgan fingerprint density at radius 2 is 2.29 bits per heavy atom. The third-order valence-electron chi connectivity index (χ3n) is 2.59. The zero-order valence-corrected chi connectivity index (χ0v) is 11.1. The van der Waals surface area contributed by atoms with E-state index in [-0.39, 0.29) is 5.78 Å². The number of rotatable bonds is 4. The molecule has 0 aliphatic carbocycles. The van der Waals surface area contributed by atoms with E-state index in [0.29, 0.717) is 12.5 Å². The van der Waals surface area contributed by atoms with Crippen LogP contribution in [0.15, 0.2) is 23.7 Å². The summed E-state index contributed by atoms with van der Waals surface area (Å²) in [6, 6.07) is 3.74. The van der Waals surface area contributed by atoms with E-state index in [1.807, 2.05) is 22.9 Å². The van der Waals surface area contributed by atoms with Gasteiger partial charge >= 0.3 is 0 Å². The summed E-state index contributed by atoms with van der Waals surface area (Å²) in [6.07, 6.45) is 1.92. The number of aromatic nitrogens is 2. The maximum absolute atomic E-state index is 11.4. The molecule has 0 saturated heterocycles. The van der Waals surface area contributed by atoms with Gasteiger partial charge in [-0.15, -0.1) is 11.3 Å². The summed E-state index contributed by atoms with van der Waals surface area (Å²) in [6.45, 7) is 6.54. The monoisotopic (exact) mass is 248 g/mol. The van der Waals surface area contributed by atoms with Crippen molar-refractivity contribution in [3.63, 3.8) is 0 Å². The van der Waals surface area contributed by atoms with E-state index in [0.717, 1.165) is 16.4 Å². The van der Waals surface area contributed by atoms with Gasteiger partial charge in [0.2, 0.25) is 0 Å². The van der Waals surface area contributed by atoms with Gasteiger partial charge in [-0.2, -0.15) is 0 Å². The molecule has 90 valence electrons. The molecule has 0 aliphatic heterocycles. The number of hydrogen-bond donors (Lipinski definition) is 0. The normalized spacial score (nSPS) is 11.1. The van der Waals surface area contributed by atoms with Crippen molar-refractivity contribution >= 4 is 17.1 Å². The second-order valence-corrected chi connectivity index (χ2v) is 5.30. The lowest BCUT2D eigenvalue weighted by atomic mass is 10.2. The number of carbonyl (C=O) groups is 1. The molecule has 2 aromatic heterocycles. The van der Waals surface area contributed by atoms with Crippen LogP contribution >= 0.6 is 11.3 Å². The van der Waals surface area contributed by atoms with Crippen LogP contribution in [0.25, 0.3) is 0 Å². The van der Waals surface area contributed by atoms with E-state index in [9.17, 15) is 4.79 Å². The van der Waals surface area contributed by atoms with Crippen molar-refractivity contribution in [1.82, 2.24) is 9.55 Å². The summed E-state index contributed by atoms with van der Waals surface area (Å²) < 4.78 is 1.95. The topological polar surface area (TPSA) is 34.9 Å². The minimum absolute atomic E-state index is 0.0920. The van der Waals surface area contributed by atoms with Crippen LogP contribution in [0.2, 0.25) is 0 Å². The average Bonchev–Trinajstić information content (AvgIpc) is 2.86. The van der Waals surface area contributed by atoms with Gasteiger partial charge in [-0.25, -0.2) is 4.98 Å². The number of hydrogen-bond acceptors (Lipinski definition) is 3. The molecular weight excluding hydrogens is 232 g/mol. The van der Waals surface area contributed by atoms with Gasteiger partial charge in [-0.3, -0.25) is 4.79 Å². The first kappa shape index (κ1) is 12.0. The molecule has 0 saturated carbocycles. The molecule has 17 heavy (non-hydrogen) atoms. The van der Waals surface area contributed by atoms with Gasteiger partial charge in [0.25, 0.3) is 0 Å². The number of ketones is 1. The van der Waals surface area contributed by atoms with Gasteiger partial charge in [0.1, 0.15) is 0 Å². The molecule has 2 aromatic rings. The maximum Gasteiger partial charge on any atom is 0.176 e. The van der Waals surface area contributed by atoms with Crippen molar-refractivity contribution in [2.45, 2.75) is 33.2 Å². The molecule has 2 heterocycles. The first-order valence-corrected chi connectivity index (χ1v) is 6.56. The smallest absolute Gasteiger partial charge is 0.176 e. The summed E-state index contributed by atoms with van der Waals surface area (Å²) in [5, 5.41) is 3.22. The Morgan fingerprint density at radius 3 is 2.88 bits per heavy atom. The highest BCUT2D eigenvalue weighted by molar-refractivity contribution is 7.09. The SMILES string of the molecule is CC(=O)c1cccn1Cc1csc(C(C)C)n1. The van der Waals surface area contributed by atoms with Gasteiger partial charge in [-0.1, -0.05) is 13.8 Å². The van der Waals surface area contributed by atoms with Crippen molar-refractivity contribution in [2.75, 3.05) is 0 Å². The second kappa shape index (κ2) is 4.84. The first-order valence-electron chi connectivity index (χ1n) is 5.68. The molecule has 0 fully saturated rings. The second-order valence-electron chi connectivity index (χ2n) is 4.41. The van der Waals surface area contributed by atoms with E-state index in [1.54, 1.807) is 18.3 Å². The highest BCUT2D eigenvalue weighted by atomic mass is 32.1. The van der Waals surface area contributed by atoms with Crippen molar-refractivity contribution < 1.29 is 4.79 Å². The summed E-state index contributed by atoms with van der Waals surface area (Å²) in [5.74, 6) is 0.556. The zero-order valence-electron chi connectivity index (χ0n) is 10.3. The fourth-order valence-corrected chi connectivity index (χ4v) is 2.53. The minimum atomic E-state index is 0.0920. The van der Waals surface area contributed by atoms with Crippen LogP contribution in [0.4, 0.5) is 0 Å². The van der Waals surface area contributed by atoms with Gasteiger partial charge in [0, 0.05) is 24.4 Å². The first-order chi connectivity index (χ1) is 8.08. The molecule has 0 aliphatic rings. The average molecular weight is 248 g/mol. The molecule has 0 bridgehead atoms. The van der Waals surface area contributed by atoms with Crippen molar-refractivity contribution in [3.05, 3.63) is 40.1 Å². The molecule has 4 heteroatoms. The van der Waals surface area contributed by atoms with Crippen LogP contribution in [-0.4, -0.2) is 15.3 Å². The highest BCUT2D eigenvalue weighted by Crippen LogP contribution is 2.20. The Kier molecular flexibility index (Phi) is 3.43. The van der Waals surface area contributed by atoms with Crippen molar-refractivity contribution in [3.8, 4) is 0 Å². The standard InChI is InChI=1S/C13H16N2OS/c1-9(2)13-14-11(8-17-13)7-15-6-4-5-12(15)10(3)16/h4-6,8-9H,7H2,1-3H3. The van der Waals surface area contributed by atoms with Crippen LogP contribution in [0.3, 0.4) is 0 Å². The van der Waals surface area contributed by atoms with Gasteiger partial charge in [0.15, 0.2) is 5.78 Å². The number of nitrogens with zero attached hydrogens (tertiary/aromatic N) is 2. The fraction of sp³-hybridized carbons (Fsp3) is 0.385. The number of Topliss-reactive ketones (excluding diaryl/α,β-unsaturated/α-hetero) is 1. The predicted octanol–water partition coefficient (Wildman–Crippen LogP) is 3.32. The van der Waals surface area contributed by atoms with Gasteiger partial charge < -0.3 is 4.57 Å². The third-order valence-corrected chi connectivity index (χ3v) is 3.78. The molecule has 0 radical (unpaired) electrons. The van der Waals surface area contributed by atoms with E-state index < -0.39 is 0 Å². The third kappa shape index (κ3) is 2.64. The van der Waals surface area contributed by atoms with E-state index in [2.05, 4.69) is 24.2 Å². The molecule has 3 nitrogen and oxygen atoms in total. The predicted molar refractivity (Wildman–Crippen MR) is 69.7 cm³/mol. The molecule has 0 atom stereocenters. The minimum Gasteiger partial charge on any atom is -0.339 e. The molecule has 0 unspecified atom stereocenters. The Bertz CT molecular complexity index is 525. The van der Waals surface area contributed by atoms with Crippen LogP contribution in [-0.2, 0) is 6.54 Å². The summed E-state index contributed by atoms with van der Waals surface area (Å²) >= 11 is 1.68. The Labute approximate surface area is 105 Å². The number of carbonyl (C=O) groups excluding carboxylic acids is 1. The molecular formula is C13H16N2OS. The largest absolute Gasteiger partial charge is 0.339 e. The quantitative estimate of drug-likeness (QED) is 0.778. The van der Waals surface area contributed by atoms with Crippen LogP contribution in [0.1, 0.15) is 47.9 Å². The molecule has 0 N–H and O–H groups in total. The maximum atomic E-state index is 11.4. The van der Waals surface area contributed by atoms with E-state index in [1.165, 1.54) is 0 Å². The lowest BCUT2D eigenvalue weighted by Crippen LogP contribution is -2.07. The molecule has 0 amide bonds. The fourth-order valence-electron chi connectivity index (χ4n) is 1.71. The van der Waals surface area contributed by atoms with Crippen LogP contribution < -0.4 is 0 Å². The highest BCUT2D eigenvalue weighted by Gasteiger charge is 2.09.